The Morgan fingerprint density at radius 1 is 1.33 bits per heavy atom. The molecule has 2 atom stereocenters. The van der Waals surface area contributed by atoms with Crippen molar-refractivity contribution >= 4 is 21.5 Å². The molecule has 0 radical (unpaired) electrons. The minimum Gasteiger partial charge on any atom is -0.373 e. The summed E-state index contributed by atoms with van der Waals surface area (Å²) in [5, 5.41) is 2.56. The van der Waals surface area contributed by atoms with Gasteiger partial charge in [0.2, 0.25) is 0 Å². The van der Waals surface area contributed by atoms with Gasteiger partial charge >= 0.3 is 0 Å². The Hall–Kier alpha value is -2.52. The number of carbonyl (C=O) groups is 1. The van der Waals surface area contributed by atoms with Crippen molar-refractivity contribution in [3.8, 4) is 0 Å². The fourth-order valence-electron chi connectivity index (χ4n) is 2.93. The Morgan fingerprint density at radius 2 is 2.00 bits per heavy atom. The van der Waals surface area contributed by atoms with E-state index in [2.05, 4.69) is 21.0 Å². The Morgan fingerprint density at radius 3 is 2.53 bits per heavy atom. The first-order valence-corrected chi connectivity index (χ1v) is 11.1. The van der Waals surface area contributed by atoms with Crippen molar-refractivity contribution in [2.24, 2.45) is 10.3 Å². The van der Waals surface area contributed by atoms with Crippen LogP contribution in [0.15, 0.2) is 57.5 Å². The highest BCUT2D eigenvalue weighted by Gasteiger charge is 2.29. The molecular weight excluding hydrogens is 410 g/mol. The van der Waals surface area contributed by atoms with Crippen LogP contribution in [0.5, 0.6) is 0 Å². The third-order valence-electron chi connectivity index (χ3n) is 4.52. The molecule has 0 aromatic heterocycles. The molecule has 1 amide bonds. The smallest absolute Gasteiger partial charge is 0.272 e. The van der Waals surface area contributed by atoms with Crippen molar-refractivity contribution < 1.29 is 17.8 Å². The zero-order chi connectivity index (χ0) is 22.6. The fraction of sp³-hybridized carbons (Fsp3) is 0.381. The summed E-state index contributed by atoms with van der Waals surface area (Å²) in [6.07, 6.45) is 3.54. The van der Waals surface area contributed by atoms with Gasteiger partial charge in [0.1, 0.15) is 15.6 Å². The van der Waals surface area contributed by atoms with Crippen LogP contribution in [0.2, 0.25) is 0 Å². The lowest BCUT2D eigenvalue weighted by Crippen LogP contribution is -2.36. The zero-order valence-electron chi connectivity index (χ0n) is 17.8. The quantitative estimate of drug-likeness (QED) is 0.687. The molecule has 0 saturated carbocycles. The molecule has 2 rings (SSSR count). The van der Waals surface area contributed by atoms with Gasteiger partial charge in [0.25, 0.3) is 5.91 Å². The van der Waals surface area contributed by atoms with Crippen LogP contribution < -0.4 is 10.0 Å². The van der Waals surface area contributed by atoms with Gasteiger partial charge in [-0.15, -0.1) is 0 Å². The third-order valence-corrected chi connectivity index (χ3v) is 6.63. The van der Waals surface area contributed by atoms with Crippen LogP contribution in [-0.2, 0) is 14.7 Å². The van der Waals surface area contributed by atoms with Crippen LogP contribution in [0.4, 0.5) is 14.5 Å². The second-order valence-electron chi connectivity index (χ2n) is 7.38. The predicted molar refractivity (Wildman–Crippen MR) is 117 cm³/mol. The standard InChI is InChI=1S/C21H28F2N4O2S/c1-7-24-30(29)14(4)16(9-11-19(26-30)13(2)3)20(27(5)6)21(28)25-15-8-10-17(22)18(23)12-15/h8-13,19H,4,7H2,1-3,5-6H3,(H,25,28)(H,24,26,29)/b20-16-/t19-,30?/m1/s1. The molecule has 1 aliphatic rings. The molecule has 164 valence electrons. The summed E-state index contributed by atoms with van der Waals surface area (Å²) in [5.41, 5.74) is 0.628. The van der Waals surface area contributed by atoms with E-state index in [1.54, 1.807) is 32.0 Å². The molecule has 1 aromatic carbocycles. The number of benzene rings is 1. The number of halogens is 2. The molecule has 0 fully saturated rings. The average Bonchev–Trinajstić information content (AvgIpc) is 2.77. The SMILES string of the molecule is C=C1/C(=C(/C(=O)Nc2ccc(F)c(F)c2)N(C)C)C=C[C@H](C(C)C)NS1(=O)=NCC. The highest BCUT2D eigenvalue weighted by molar-refractivity contribution is 7.95. The molecule has 9 heteroatoms. The number of hydrogen-bond acceptors (Lipinski definition) is 4. The summed E-state index contributed by atoms with van der Waals surface area (Å²) in [5.74, 6) is -2.53. The number of nitrogens with zero attached hydrogens (tertiary/aromatic N) is 2. The number of allylic oxidation sites excluding steroid dienone is 2. The summed E-state index contributed by atoms with van der Waals surface area (Å²) in [7, 11) is 0.264. The lowest BCUT2D eigenvalue weighted by atomic mass is 10.0. The third kappa shape index (κ3) is 5.14. The van der Waals surface area contributed by atoms with Crippen molar-refractivity contribution in [2.45, 2.75) is 26.8 Å². The monoisotopic (exact) mass is 438 g/mol. The first-order chi connectivity index (χ1) is 14.0. The van der Waals surface area contributed by atoms with Gasteiger partial charge in [-0.3, -0.25) is 4.79 Å². The molecular formula is C21H28F2N4O2S. The number of hydrogen-bond donors (Lipinski definition) is 2. The van der Waals surface area contributed by atoms with E-state index in [9.17, 15) is 17.8 Å². The number of anilines is 1. The van der Waals surface area contributed by atoms with Gasteiger partial charge in [0.05, 0.1) is 4.91 Å². The van der Waals surface area contributed by atoms with Gasteiger partial charge in [-0.2, -0.15) is 0 Å². The van der Waals surface area contributed by atoms with E-state index in [-0.39, 0.29) is 28.2 Å². The van der Waals surface area contributed by atoms with Gasteiger partial charge in [-0.25, -0.2) is 22.1 Å². The van der Waals surface area contributed by atoms with Crippen molar-refractivity contribution in [3.05, 3.63) is 64.7 Å². The Labute approximate surface area is 177 Å². The molecule has 6 nitrogen and oxygen atoms in total. The van der Waals surface area contributed by atoms with Crippen LogP contribution in [0.3, 0.4) is 0 Å². The van der Waals surface area contributed by atoms with E-state index in [1.165, 1.54) is 6.07 Å². The summed E-state index contributed by atoms with van der Waals surface area (Å²) in [4.78, 5) is 14.8. The summed E-state index contributed by atoms with van der Waals surface area (Å²) in [6.45, 7) is 10.0. The second kappa shape index (κ2) is 9.53. The lowest BCUT2D eigenvalue weighted by Gasteiger charge is -2.23. The molecule has 0 spiro atoms. The topological polar surface area (TPSA) is 73.8 Å². The molecule has 2 N–H and O–H groups in total. The average molecular weight is 439 g/mol. The maximum absolute atomic E-state index is 13.6. The highest BCUT2D eigenvalue weighted by Crippen LogP contribution is 2.28. The second-order valence-corrected chi connectivity index (χ2v) is 9.42. The molecule has 0 aliphatic carbocycles. The number of rotatable bonds is 5. The first-order valence-electron chi connectivity index (χ1n) is 9.55. The maximum atomic E-state index is 13.6. The van der Waals surface area contributed by atoms with Gasteiger partial charge < -0.3 is 10.2 Å². The van der Waals surface area contributed by atoms with Crippen LogP contribution in [0.25, 0.3) is 0 Å². The van der Waals surface area contributed by atoms with E-state index in [0.29, 0.717) is 12.1 Å². The predicted octanol–water partition coefficient (Wildman–Crippen LogP) is 3.82. The minimum absolute atomic E-state index is 0.0965. The van der Waals surface area contributed by atoms with Crippen LogP contribution in [0.1, 0.15) is 20.8 Å². The maximum Gasteiger partial charge on any atom is 0.272 e. The van der Waals surface area contributed by atoms with Gasteiger partial charge in [-0.1, -0.05) is 32.6 Å². The van der Waals surface area contributed by atoms with Gasteiger partial charge in [0, 0.05) is 44.0 Å². The Balaban J connectivity index is 2.60. The fourth-order valence-corrected chi connectivity index (χ4v) is 4.85. The van der Waals surface area contributed by atoms with Crippen molar-refractivity contribution in [1.29, 1.82) is 0 Å². The minimum atomic E-state index is -3.05. The molecule has 0 bridgehead atoms. The van der Waals surface area contributed by atoms with E-state index in [4.69, 9.17) is 0 Å². The van der Waals surface area contributed by atoms with Crippen LogP contribution in [0, 0.1) is 17.6 Å². The normalized spacial score (nSPS) is 23.2. The largest absolute Gasteiger partial charge is 0.373 e. The van der Waals surface area contributed by atoms with E-state index in [0.717, 1.165) is 12.1 Å². The molecule has 1 heterocycles. The summed E-state index contributed by atoms with van der Waals surface area (Å²) >= 11 is 0. The number of nitrogens with one attached hydrogen (secondary N) is 2. The highest BCUT2D eigenvalue weighted by atomic mass is 32.2. The van der Waals surface area contributed by atoms with Crippen LogP contribution in [-0.4, -0.2) is 41.7 Å². The van der Waals surface area contributed by atoms with E-state index >= 15 is 0 Å². The lowest BCUT2D eigenvalue weighted by molar-refractivity contribution is -0.114. The van der Waals surface area contributed by atoms with Crippen molar-refractivity contribution in [2.75, 3.05) is 26.0 Å². The van der Waals surface area contributed by atoms with Crippen molar-refractivity contribution in [3.63, 3.8) is 0 Å². The molecule has 1 aliphatic heterocycles. The Kier molecular flexibility index (Phi) is 7.54. The molecule has 1 aromatic rings. The van der Waals surface area contributed by atoms with Crippen molar-refractivity contribution in [1.82, 2.24) is 9.62 Å². The summed E-state index contributed by atoms with van der Waals surface area (Å²) in [6, 6.07) is 2.86. The molecule has 0 saturated heterocycles. The Bertz CT molecular complexity index is 1020. The number of carbonyl (C=O) groups excluding carboxylic acids is 1. The first kappa shape index (κ1) is 23.8. The zero-order valence-corrected chi connectivity index (χ0v) is 18.6. The summed E-state index contributed by atoms with van der Waals surface area (Å²) < 4.78 is 47.6. The van der Waals surface area contributed by atoms with E-state index in [1.807, 2.05) is 19.9 Å². The molecule has 1 unspecified atom stereocenters. The number of amides is 1. The van der Waals surface area contributed by atoms with Gasteiger partial charge in [-0.05, 0) is 25.0 Å². The van der Waals surface area contributed by atoms with Crippen LogP contribution >= 0.6 is 0 Å². The number of likely N-dealkylation sites (N-methyl/N-ethyl adjacent to an activating group) is 1. The van der Waals surface area contributed by atoms with E-state index < -0.39 is 27.5 Å². The van der Waals surface area contributed by atoms with Gasteiger partial charge in [0.15, 0.2) is 11.6 Å². The molecule has 30 heavy (non-hydrogen) atoms.